The second kappa shape index (κ2) is 7.84. The summed E-state index contributed by atoms with van der Waals surface area (Å²) in [5.74, 6) is -0.119. The first kappa shape index (κ1) is 15.6. The fourth-order valence-electron chi connectivity index (χ4n) is 2.40. The molecule has 1 aromatic heterocycles. The van der Waals surface area contributed by atoms with E-state index >= 15 is 0 Å². The van der Waals surface area contributed by atoms with E-state index in [0.29, 0.717) is 5.69 Å². The SMILES string of the molecule is CCCCCC[C@H](C)NNC(=O)c1cc2ccccc2[nH]1. The molecule has 0 fully saturated rings. The predicted molar refractivity (Wildman–Crippen MR) is 87.1 cm³/mol. The molecule has 1 atom stereocenters. The fourth-order valence-corrected chi connectivity index (χ4v) is 2.40. The zero-order valence-electron chi connectivity index (χ0n) is 12.9. The van der Waals surface area contributed by atoms with Crippen LogP contribution in [0.5, 0.6) is 0 Å². The fraction of sp³-hybridized carbons (Fsp3) is 0.471. The van der Waals surface area contributed by atoms with Gasteiger partial charge in [0.1, 0.15) is 5.69 Å². The van der Waals surface area contributed by atoms with Crippen molar-refractivity contribution in [2.75, 3.05) is 0 Å². The molecule has 2 rings (SSSR count). The molecule has 114 valence electrons. The molecular weight excluding hydrogens is 262 g/mol. The van der Waals surface area contributed by atoms with Gasteiger partial charge in [0.2, 0.25) is 0 Å². The zero-order valence-corrected chi connectivity index (χ0v) is 12.9. The number of aromatic nitrogens is 1. The molecule has 0 aliphatic rings. The van der Waals surface area contributed by atoms with Crippen molar-refractivity contribution < 1.29 is 4.79 Å². The summed E-state index contributed by atoms with van der Waals surface area (Å²) in [6.07, 6.45) is 6.07. The molecule has 0 aliphatic heterocycles. The second-order valence-electron chi connectivity index (χ2n) is 5.62. The molecular formula is C17H25N3O. The Labute approximate surface area is 126 Å². The number of rotatable bonds is 8. The van der Waals surface area contributed by atoms with Gasteiger partial charge in [-0.05, 0) is 25.5 Å². The lowest BCUT2D eigenvalue weighted by molar-refractivity contribution is 0.0921. The van der Waals surface area contributed by atoms with Crippen LogP contribution in [0, 0.1) is 0 Å². The van der Waals surface area contributed by atoms with Crippen molar-refractivity contribution >= 4 is 16.8 Å². The number of hydrogen-bond donors (Lipinski definition) is 3. The Hall–Kier alpha value is -1.81. The Morgan fingerprint density at radius 2 is 2.05 bits per heavy atom. The molecule has 4 heteroatoms. The minimum atomic E-state index is -0.119. The highest BCUT2D eigenvalue weighted by Crippen LogP contribution is 2.14. The first-order valence-electron chi connectivity index (χ1n) is 7.84. The van der Waals surface area contributed by atoms with Crippen LogP contribution in [0.4, 0.5) is 0 Å². The van der Waals surface area contributed by atoms with Crippen molar-refractivity contribution in [3.63, 3.8) is 0 Å². The summed E-state index contributed by atoms with van der Waals surface area (Å²) in [4.78, 5) is 15.2. The zero-order chi connectivity index (χ0) is 15.1. The van der Waals surface area contributed by atoms with E-state index in [1.54, 1.807) is 0 Å². The summed E-state index contributed by atoms with van der Waals surface area (Å²) in [6.45, 7) is 4.31. The number of hydrazine groups is 1. The number of para-hydroxylation sites is 1. The van der Waals surface area contributed by atoms with Gasteiger partial charge in [0.15, 0.2) is 0 Å². The van der Waals surface area contributed by atoms with Gasteiger partial charge in [-0.25, -0.2) is 5.43 Å². The van der Waals surface area contributed by atoms with Gasteiger partial charge in [-0.2, -0.15) is 0 Å². The van der Waals surface area contributed by atoms with Crippen molar-refractivity contribution in [1.82, 2.24) is 15.8 Å². The van der Waals surface area contributed by atoms with Gasteiger partial charge >= 0.3 is 0 Å². The maximum absolute atomic E-state index is 12.1. The van der Waals surface area contributed by atoms with Crippen LogP contribution in [0.1, 0.15) is 56.4 Å². The van der Waals surface area contributed by atoms with Crippen LogP contribution in [0.25, 0.3) is 10.9 Å². The van der Waals surface area contributed by atoms with Gasteiger partial charge in [0.05, 0.1) is 0 Å². The lowest BCUT2D eigenvalue weighted by Gasteiger charge is -2.14. The first-order chi connectivity index (χ1) is 10.2. The summed E-state index contributed by atoms with van der Waals surface area (Å²) < 4.78 is 0. The van der Waals surface area contributed by atoms with E-state index < -0.39 is 0 Å². The highest BCUT2D eigenvalue weighted by atomic mass is 16.2. The largest absolute Gasteiger partial charge is 0.350 e. The molecule has 21 heavy (non-hydrogen) atoms. The van der Waals surface area contributed by atoms with Crippen LogP contribution >= 0.6 is 0 Å². The Kier molecular flexibility index (Phi) is 5.81. The standard InChI is InChI=1S/C17H25N3O/c1-3-4-5-6-9-13(2)19-20-17(21)16-12-14-10-7-8-11-15(14)18-16/h7-8,10-13,18-19H,3-6,9H2,1-2H3,(H,20,21)/t13-/m0/s1. The van der Waals surface area contributed by atoms with E-state index in [1.807, 2.05) is 30.3 Å². The Bertz CT molecular complexity index is 543. The number of benzene rings is 1. The minimum absolute atomic E-state index is 0.119. The highest BCUT2D eigenvalue weighted by molar-refractivity contribution is 5.97. The summed E-state index contributed by atoms with van der Waals surface area (Å²) >= 11 is 0. The number of unbranched alkanes of at least 4 members (excludes halogenated alkanes) is 3. The predicted octanol–water partition coefficient (Wildman–Crippen LogP) is 3.76. The molecule has 0 saturated carbocycles. The smallest absolute Gasteiger partial charge is 0.281 e. The second-order valence-corrected chi connectivity index (χ2v) is 5.62. The van der Waals surface area contributed by atoms with Gasteiger partial charge in [-0.3, -0.25) is 10.2 Å². The number of H-pyrrole nitrogens is 1. The first-order valence-corrected chi connectivity index (χ1v) is 7.84. The van der Waals surface area contributed by atoms with E-state index in [9.17, 15) is 4.79 Å². The Morgan fingerprint density at radius 1 is 1.24 bits per heavy atom. The molecule has 3 N–H and O–H groups in total. The minimum Gasteiger partial charge on any atom is -0.350 e. The molecule has 0 bridgehead atoms. The number of carbonyl (C=O) groups is 1. The van der Waals surface area contributed by atoms with E-state index in [1.165, 1.54) is 25.7 Å². The number of carbonyl (C=O) groups excluding carboxylic acids is 1. The summed E-state index contributed by atoms with van der Waals surface area (Å²) in [5, 5.41) is 1.05. The molecule has 0 radical (unpaired) electrons. The maximum atomic E-state index is 12.1. The number of aromatic amines is 1. The third-order valence-corrected chi connectivity index (χ3v) is 3.70. The molecule has 0 spiro atoms. The topological polar surface area (TPSA) is 56.9 Å². The summed E-state index contributed by atoms with van der Waals surface area (Å²) in [7, 11) is 0. The van der Waals surface area contributed by atoms with Gasteiger partial charge in [0, 0.05) is 16.9 Å². The normalized spacial score (nSPS) is 12.5. The molecule has 2 aromatic rings. The van der Waals surface area contributed by atoms with Crippen molar-refractivity contribution in [2.45, 2.75) is 52.0 Å². The van der Waals surface area contributed by atoms with Crippen molar-refractivity contribution in [3.05, 3.63) is 36.0 Å². The van der Waals surface area contributed by atoms with E-state index in [2.05, 4.69) is 29.7 Å². The van der Waals surface area contributed by atoms with Gasteiger partial charge in [-0.15, -0.1) is 0 Å². The number of fused-ring (bicyclic) bond motifs is 1. The van der Waals surface area contributed by atoms with E-state index in [-0.39, 0.29) is 11.9 Å². The van der Waals surface area contributed by atoms with Gasteiger partial charge in [-0.1, -0.05) is 50.8 Å². The van der Waals surface area contributed by atoms with Crippen molar-refractivity contribution in [2.24, 2.45) is 0 Å². The number of hydrogen-bond acceptors (Lipinski definition) is 2. The molecule has 0 aliphatic carbocycles. The monoisotopic (exact) mass is 287 g/mol. The maximum Gasteiger partial charge on any atom is 0.281 e. The Morgan fingerprint density at radius 3 is 2.81 bits per heavy atom. The van der Waals surface area contributed by atoms with Crippen LogP contribution in [0.15, 0.2) is 30.3 Å². The van der Waals surface area contributed by atoms with Crippen LogP contribution < -0.4 is 10.9 Å². The summed E-state index contributed by atoms with van der Waals surface area (Å²) in [6, 6.07) is 10.0. The molecule has 0 saturated heterocycles. The van der Waals surface area contributed by atoms with Crippen LogP contribution in [0.3, 0.4) is 0 Å². The van der Waals surface area contributed by atoms with Crippen LogP contribution in [0.2, 0.25) is 0 Å². The number of nitrogens with one attached hydrogen (secondary N) is 3. The lowest BCUT2D eigenvalue weighted by Crippen LogP contribution is -2.43. The molecule has 0 unspecified atom stereocenters. The molecule has 1 heterocycles. The van der Waals surface area contributed by atoms with Gasteiger partial charge < -0.3 is 4.98 Å². The Balaban J connectivity index is 1.78. The quantitative estimate of drug-likeness (QED) is 0.511. The lowest BCUT2D eigenvalue weighted by atomic mass is 10.1. The van der Waals surface area contributed by atoms with Crippen LogP contribution in [-0.4, -0.2) is 16.9 Å². The average molecular weight is 287 g/mol. The molecule has 4 nitrogen and oxygen atoms in total. The van der Waals surface area contributed by atoms with Crippen LogP contribution in [-0.2, 0) is 0 Å². The average Bonchev–Trinajstić information content (AvgIpc) is 2.93. The van der Waals surface area contributed by atoms with E-state index in [4.69, 9.17) is 0 Å². The summed E-state index contributed by atoms with van der Waals surface area (Å²) in [5.41, 5.74) is 7.43. The number of amides is 1. The third-order valence-electron chi connectivity index (χ3n) is 3.70. The van der Waals surface area contributed by atoms with Crippen molar-refractivity contribution in [3.8, 4) is 0 Å². The van der Waals surface area contributed by atoms with Gasteiger partial charge in [0.25, 0.3) is 5.91 Å². The molecule has 1 amide bonds. The van der Waals surface area contributed by atoms with E-state index in [0.717, 1.165) is 17.3 Å². The third kappa shape index (κ3) is 4.60. The highest BCUT2D eigenvalue weighted by Gasteiger charge is 2.10. The molecule has 1 aromatic carbocycles. The van der Waals surface area contributed by atoms with Crippen molar-refractivity contribution in [1.29, 1.82) is 0 Å².